The molecule has 0 spiro atoms. The van der Waals surface area contributed by atoms with E-state index in [1.165, 1.54) is 18.5 Å². The molecule has 0 bridgehead atoms. The van der Waals surface area contributed by atoms with Crippen molar-refractivity contribution in [1.82, 2.24) is 34.4 Å². The number of nitrogens with one attached hydrogen (secondary N) is 1. The van der Waals surface area contributed by atoms with Gasteiger partial charge in [0.25, 0.3) is 0 Å². The lowest BCUT2D eigenvalue weighted by atomic mass is 10.2. The van der Waals surface area contributed by atoms with Crippen molar-refractivity contribution in [3.05, 3.63) is 42.5 Å². The molecule has 1 aliphatic heterocycles. The van der Waals surface area contributed by atoms with Crippen molar-refractivity contribution in [1.29, 1.82) is 0 Å². The first-order valence-corrected chi connectivity index (χ1v) is 10.0. The Morgan fingerprint density at radius 3 is 3.03 bits per heavy atom. The number of carbonyl (C=O) groups is 1. The Kier molecular flexibility index (Phi) is 4.74. The molecule has 0 saturated carbocycles. The maximum atomic E-state index is 13.3. The van der Waals surface area contributed by atoms with Crippen LogP contribution < -0.4 is 5.73 Å². The molecule has 1 aromatic carbocycles. The fourth-order valence-electron chi connectivity index (χ4n) is 4.08. The van der Waals surface area contributed by atoms with Crippen LogP contribution in [0.5, 0.6) is 0 Å². The van der Waals surface area contributed by atoms with Crippen LogP contribution >= 0.6 is 0 Å². The van der Waals surface area contributed by atoms with Crippen molar-refractivity contribution >= 4 is 33.9 Å². The monoisotopic (exact) mass is 424 g/mol. The van der Waals surface area contributed by atoms with Gasteiger partial charge in [0.15, 0.2) is 11.5 Å². The van der Waals surface area contributed by atoms with Crippen LogP contribution in [0.4, 0.5) is 10.2 Å². The Bertz CT molecular complexity index is 1270. The molecule has 2 atom stereocenters. The van der Waals surface area contributed by atoms with E-state index in [9.17, 15) is 14.3 Å². The second-order valence-electron chi connectivity index (χ2n) is 7.71. The normalized spacial score (nSPS) is 19.0. The van der Waals surface area contributed by atoms with Crippen molar-refractivity contribution in [2.75, 3.05) is 18.8 Å². The van der Waals surface area contributed by atoms with Crippen LogP contribution in [0.2, 0.25) is 0 Å². The predicted molar refractivity (Wildman–Crippen MR) is 110 cm³/mol. The van der Waals surface area contributed by atoms with Gasteiger partial charge < -0.3 is 25.3 Å². The molecular formula is C20H21FN8O2. The van der Waals surface area contributed by atoms with Crippen molar-refractivity contribution in [3.8, 4) is 0 Å². The average molecular weight is 424 g/mol. The number of hydrogen-bond acceptors (Lipinski definition) is 7. The number of anilines is 1. The van der Waals surface area contributed by atoms with E-state index in [1.54, 1.807) is 21.9 Å². The smallest absolute Gasteiger partial charge is 0.222 e. The van der Waals surface area contributed by atoms with Crippen LogP contribution in [-0.2, 0) is 11.2 Å². The predicted octanol–water partition coefficient (Wildman–Crippen LogP) is 1.19. The van der Waals surface area contributed by atoms with E-state index in [-0.39, 0.29) is 30.1 Å². The number of aromatic nitrogens is 6. The van der Waals surface area contributed by atoms with Gasteiger partial charge in [-0.2, -0.15) is 0 Å². The number of aromatic amines is 1. The molecule has 0 aliphatic carbocycles. The zero-order chi connectivity index (χ0) is 21.5. The van der Waals surface area contributed by atoms with Gasteiger partial charge in [-0.05, 0) is 24.6 Å². The van der Waals surface area contributed by atoms with E-state index in [0.717, 1.165) is 5.82 Å². The average Bonchev–Trinajstić information content (AvgIpc) is 3.44. The Hall–Kier alpha value is -3.60. The number of β-amino-alcohol motifs (C(OH)–C–C–N with tert-alkyl or cyclic N) is 1. The summed E-state index contributed by atoms with van der Waals surface area (Å²) in [5, 5.41) is 10.6. The molecular weight excluding hydrogens is 403 g/mol. The first-order valence-electron chi connectivity index (χ1n) is 10.0. The minimum Gasteiger partial charge on any atom is -0.389 e. The van der Waals surface area contributed by atoms with Gasteiger partial charge >= 0.3 is 0 Å². The Morgan fingerprint density at radius 2 is 2.16 bits per heavy atom. The van der Waals surface area contributed by atoms with Crippen molar-refractivity contribution in [3.63, 3.8) is 0 Å². The molecule has 1 aliphatic rings. The maximum absolute atomic E-state index is 13.3. The molecule has 11 heteroatoms. The third-order valence-electron chi connectivity index (χ3n) is 5.65. The molecule has 1 saturated heterocycles. The maximum Gasteiger partial charge on any atom is 0.222 e. The van der Waals surface area contributed by atoms with Crippen molar-refractivity contribution in [2.24, 2.45) is 0 Å². The topological polar surface area (TPSA) is 139 Å². The van der Waals surface area contributed by atoms with Gasteiger partial charge in [-0.25, -0.2) is 24.3 Å². The summed E-state index contributed by atoms with van der Waals surface area (Å²) in [7, 11) is 0. The van der Waals surface area contributed by atoms with Gasteiger partial charge in [0.2, 0.25) is 5.91 Å². The summed E-state index contributed by atoms with van der Waals surface area (Å²) >= 11 is 0. The summed E-state index contributed by atoms with van der Waals surface area (Å²) in [5.74, 6) is 0.634. The molecule has 160 valence electrons. The number of imidazole rings is 2. The van der Waals surface area contributed by atoms with Crippen LogP contribution in [0.25, 0.3) is 22.2 Å². The number of nitrogens with zero attached hydrogens (tertiary/aromatic N) is 6. The Morgan fingerprint density at radius 1 is 1.29 bits per heavy atom. The number of fused-ring (bicyclic) bond motifs is 2. The number of amides is 1. The minimum absolute atomic E-state index is 0.0396. The zero-order valence-corrected chi connectivity index (χ0v) is 16.6. The molecule has 1 fully saturated rings. The Labute approximate surface area is 175 Å². The highest BCUT2D eigenvalue weighted by molar-refractivity contribution is 5.81. The second-order valence-corrected chi connectivity index (χ2v) is 7.71. The third-order valence-corrected chi connectivity index (χ3v) is 5.65. The molecule has 31 heavy (non-hydrogen) atoms. The fraction of sp³-hybridized carbons (Fsp3) is 0.350. The largest absolute Gasteiger partial charge is 0.389 e. The number of H-pyrrole nitrogens is 1. The summed E-state index contributed by atoms with van der Waals surface area (Å²) in [4.78, 5) is 34.2. The molecule has 4 aromatic rings. The number of hydrogen-bond donors (Lipinski definition) is 3. The molecule has 4 heterocycles. The van der Waals surface area contributed by atoms with Gasteiger partial charge in [-0.1, -0.05) is 0 Å². The van der Waals surface area contributed by atoms with Crippen LogP contribution in [0.3, 0.4) is 0 Å². The number of likely N-dealkylation sites (tertiary alicyclic amines) is 1. The molecule has 1 amide bonds. The summed E-state index contributed by atoms with van der Waals surface area (Å²) in [5.41, 5.74) is 8.19. The van der Waals surface area contributed by atoms with E-state index in [4.69, 9.17) is 5.73 Å². The standard InChI is InChI=1S/C20H21FN8O2/c21-11-4-5-12-13(6-11)27-16(26-12)2-1-3-17(31)28-7-14(15(30)8-28)29-10-25-18-19(22)23-9-24-20(18)29/h4-6,9-10,14-15,30H,1-3,7-8H2,(H,26,27)(H2,22,23,24)/t14-,15-/m1/s1. The van der Waals surface area contributed by atoms with E-state index in [2.05, 4.69) is 24.9 Å². The molecule has 4 N–H and O–H groups in total. The lowest BCUT2D eigenvalue weighted by Crippen LogP contribution is -2.29. The van der Waals surface area contributed by atoms with E-state index < -0.39 is 6.10 Å². The summed E-state index contributed by atoms with van der Waals surface area (Å²) in [6, 6.07) is 4.05. The van der Waals surface area contributed by atoms with E-state index in [0.29, 0.717) is 48.0 Å². The lowest BCUT2D eigenvalue weighted by molar-refractivity contribution is -0.130. The number of halogens is 1. The van der Waals surface area contributed by atoms with Gasteiger partial charge in [0.1, 0.15) is 23.5 Å². The minimum atomic E-state index is -0.734. The summed E-state index contributed by atoms with van der Waals surface area (Å²) < 4.78 is 15.1. The number of aliphatic hydroxyl groups excluding tert-OH is 1. The molecule has 3 aromatic heterocycles. The number of nitrogen functional groups attached to an aromatic ring is 1. The van der Waals surface area contributed by atoms with Gasteiger partial charge in [-0.15, -0.1) is 0 Å². The van der Waals surface area contributed by atoms with Gasteiger partial charge in [-0.3, -0.25) is 4.79 Å². The van der Waals surface area contributed by atoms with Crippen LogP contribution in [0, 0.1) is 5.82 Å². The first kappa shape index (κ1) is 19.4. The number of benzene rings is 1. The summed E-state index contributed by atoms with van der Waals surface area (Å²) in [6.07, 6.45) is 3.68. The number of aliphatic hydroxyl groups is 1. The number of aryl methyl sites for hydroxylation is 1. The SMILES string of the molecule is Nc1ncnc2c1ncn2[C@@H]1CN(C(=O)CCCc2nc3ccc(F)cc3[nH]2)C[C@H]1O. The van der Waals surface area contributed by atoms with Gasteiger partial charge in [0.05, 0.1) is 29.5 Å². The van der Waals surface area contributed by atoms with Crippen molar-refractivity contribution < 1.29 is 14.3 Å². The molecule has 10 nitrogen and oxygen atoms in total. The summed E-state index contributed by atoms with van der Waals surface area (Å²) in [6.45, 7) is 0.604. The lowest BCUT2D eigenvalue weighted by Gasteiger charge is -2.17. The number of carbonyl (C=O) groups excluding carboxylic acids is 1. The first-order chi connectivity index (χ1) is 15.0. The fourth-order valence-corrected chi connectivity index (χ4v) is 4.08. The second kappa shape index (κ2) is 7.58. The number of nitrogens with two attached hydrogens (primary N) is 1. The number of rotatable bonds is 5. The highest BCUT2D eigenvalue weighted by atomic mass is 19.1. The molecule has 0 radical (unpaired) electrons. The zero-order valence-electron chi connectivity index (χ0n) is 16.6. The Balaban J connectivity index is 1.21. The molecule has 0 unspecified atom stereocenters. The van der Waals surface area contributed by atoms with Crippen molar-refractivity contribution in [2.45, 2.75) is 31.4 Å². The highest BCUT2D eigenvalue weighted by Crippen LogP contribution is 2.27. The van der Waals surface area contributed by atoms with Gasteiger partial charge in [0, 0.05) is 25.9 Å². The van der Waals surface area contributed by atoms with Crippen LogP contribution in [0.1, 0.15) is 24.7 Å². The quantitative estimate of drug-likeness (QED) is 0.437. The highest BCUT2D eigenvalue weighted by Gasteiger charge is 2.36. The van der Waals surface area contributed by atoms with E-state index >= 15 is 0 Å². The van der Waals surface area contributed by atoms with Crippen LogP contribution in [-0.4, -0.2) is 64.6 Å². The van der Waals surface area contributed by atoms with E-state index in [1.807, 2.05) is 0 Å². The molecule has 5 rings (SSSR count). The third kappa shape index (κ3) is 3.56. The van der Waals surface area contributed by atoms with Crippen LogP contribution in [0.15, 0.2) is 30.9 Å².